The molecule has 0 N–H and O–H groups in total. The van der Waals surface area contributed by atoms with Crippen molar-refractivity contribution in [2.45, 2.75) is 6.92 Å². The molecular weight excluding hydrogens is 226 g/mol. The lowest BCUT2D eigenvalue weighted by Crippen LogP contribution is -2.03. The van der Waals surface area contributed by atoms with Crippen LogP contribution in [0.25, 0.3) is 10.2 Å². The lowest BCUT2D eigenvalue weighted by molar-refractivity contribution is 0.0526. The summed E-state index contributed by atoms with van der Waals surface area (Å²) in [7, 11) is 1.61. The molecule has 0 amide bonds. The first kappa shape index (κ1) is 10.9. The Morgan fingerprint density at radius 3 is 3.00 bits per heavy atom. The molecule has 0 aliphatic carbocycles. The van der Waals surface area contributed by atoms with E-state index in [1.54, 1.807) is 14.0 Å². The minimum absolute atomic E-state index is 0.359. The normalized spacial score (nSPS) is 10.4. The van der Waals surface area contributed by atoms with Crippen LogP contribution in [0.3, 0.4) is 0 Å². The van der Waals surface area contributed by atoms with Crippen molar-refractivity contribution in [2.75, 3.05) is 13.7 Å². The highest BCUT2D eigenvalue weighted by molar-refractivity contribution is 7.20. The molecule has 0 unspecified atom stereocenters. The molecule has 0 aliphatic heterocycles. The Labute approximate surface area is 96.8 Å². The monoisotopic (exact) mass is 237 g/mol. The van der Waals surface area contributed by atoms with E-state index in [1.807, 2.05) is 18.2 Å². The molecule has 0 fully saturated rings. The van der Waals surface area contributed by atoms with Gasteiger partial charge in [-0.3, -0.25) is 0 Å². The summed E-state index contributed by atoms with van der Waals surface area (Å²) in [6.07, 6.45) is 0. The molecule has 2 rings (SSSR count). The van der Waals surface area contributed by atoms with Crippen molar-refractivity contribution in [1.29, 1.82) is 0 Å². The van der Waals surface area contributed by atoms with E-state index in [4.69, 9.17) is 9.47 Å². The van der Waals surface area contributed by atoms with E-state index in [0.29, 0.717) is 11.6 Å². The van der Waals surface area contributed by atoms with Gasteiger partial charge in [-0.1, -0.05) is 0 Å². The van der Waals surface area contributed by atoms with E-state index < -0.39 is 0 Å². The van der Waals surface area contributed by atoms with Gasteiger partial charge >= 0.3 is 5.97 Å². The van der Waals surface area contributed by atoms with Gasteiger partial charge in [0.2, 0.25) is 5.01 Å². The molecule has 84 valence electrons. The van der Waals surface area contributed by atoms with Crippen molar-refractivity contribution in [3.8, 4) is 5.75 Å². The SMILES string of the molecule is CCOC(=O)c1nc2ccc(OC)cc2s1. The summed E-state index contributed by atoms with van der Waals surface area (Å²) in [5.41, 5.74) is 0.786. The number of esters is 1. The fraction of sp³-hybridized carbons (Fsp3) is 0.273. The molecular formula is C11H11NO3S. The van der Waals surface area contributed by atoms with Gasteiger partial charge in [0.25, 0.3) is 0 Å². The van der Waals surface area contributed by atoms with Crippen molar-refractivity contribution in [2.24, 2.45) is 0 Å². The second-order valence-electron chi connectivity index (χ2n) is 3.07. The summed E-state index contributed by atoms with van der Waals surface area (Å²) in [4.78, 5) is 15.7. The molecule has 0 radical (unpaired) electrons. The number of rotatable bonds is 3. The number of aromatic nitrogens is 1. The van der Waals surface area contributed by atoms with E-state index in [1.165, 1.54) is 11.3 Å². The molecule has 5 heteroatoms. The Balaban J connectivity index is 2.39. The maximum atomic E-state index is 11.5. The van der Waals surface area contributed by atoms with Gasteiger partial charge in [0, 0.05) is 0 Å². The van der Waals surface area contributed by atoms with Crippen molar-refractivity contribution in [1.82, 2.24) is 4.98 Å². The van der Waals surface area contributed by atoms with E-state index in [-0.39, 0.29) is 5.97 Å². The Morgan fingerprint density at radius 2 is 2.31 bits per heavy atom. The van der Waals surface area contributed by atoms with Crippen LogP contribution in [0.5, 0.6) is 5.75 Å². The van der Waals surface area contributed by atoms with Crippen LogP contribution in [-0.4, -0.2) is 24.7 Å². The lowest BCUT2D eigenvalue weighted by Gasteiger charge is -1.96. The zero-order chi connectivity index (χ0) is 11.5. The zero-order valence-electron chi connectivity index (χ0n) is 9.02. The molecule has 1 aromatic heterocycles. The Kier molecular flexibility index (Phi) is 3.05. The highest BCUT2D eigenvalue weighted by Crippen LogP contribution is 2.26. The number of carbonyl (C=O) groups is 1. The average molecular weight is 237 g/mol. The topological polar surface area (TPSA) is 48.4 Å². The number of nitrogens with zero attached hydrogens (tertiary/aromatic N) is 1. The largest absolute Gasteiger partial charge is 0.497 e. The first-order valence-corrected chi connectivity index (χ1v) is 5.68. The van der Waals surface area contributed by atoms with Gasteiger partial charge in [-0.25, -0.2) is 9.78 Å². The van der Waals surface area contributed by atoms with Crippen LogP contribution < -0.4 is 4.74 Å². The van der Waals surface area contributed by atoms with Crippen molar-refractivity contribution in [3.05, 3.63) is 23.2 Å². The van der Waals surface area contributed by atoms with Gasteiger partial charge in [-0.05, 0) is 25.1 Å². The third-order valence-corrected chi connectivity index (χ3v) is 3.04. The van der Waals surface area contributed by atoms with E-state index in [2.05, 4.69) is 4.98 Å². The number of benzene rings is 1. The molecule has 1 heterocycles. The van der Waals surface area contributed by atoms with Crippen LogP contribution in [0.1, 0.15) is 16.7 Å². The van der Waals surface area contributed by atoms with Gasteiger partial charge in [-0.2, -0.15) is 0 Å². The molecule has 0 saturated heterocycles. The summed E-state index contributed by atoms with van der Waals surface area (Å²) in [5, 5.41) is 0.380. The van der Waals surface area contributed by atoms with Gasteiger partial charge < -0.3 is 9.47 Å². The summed E-state index contributed by atoms with van der Waals surface area (Å²) in [5.74, 6) is 0.384. The van der Waals surface area contributed by atoms with Crippen molar-refractivity contribution in [3.63, 3.8) is 0 Å². The van der Waals surface area contributed by atoms with Gasteiger partial charge in [0.1, 0.15) is 5.75 Å². The molecule has 4 nitrogen and oxygen atoms in total. The van der Waals surface area contributed by atoms with Crippen LogP contribution in [0.2, 0.25) is 0 Å². The predicted molar refractivity (Wildman–Crippen MR) is 62.1 cm³/mol. The standard InChI is InChI=1S/C11H11NO3S/c1-3-15-11(13)10-12-8-5-4-7(14-2)6-9(8)16-10/h4-6H,3H2,1-2H3. The quantitative estimate of drug-likeness (QED) is 0.769. The Bertz CT molecular complexity index is 521. The van der Waals surface area contributed by atoms with Gasteiger partial charge in [0.05, 0.1) is 23.9 Å². The highest BCUT2D eigenvalue weighted by Gasteiger charge is 2.13. The first-order chi connectivity index (χ1) is 7.74. The Hall–Kier alpha value is -1.62. The summed E-state index contributed by atoms with van der Waals surface area (Å²) < 4.78 is 10.9. The summed E-state index contributed by atoms with van der Waals surface area (Å²) in [6.45, 7) is 2.13. The van der Waals surface area contributed by atoms with Gasteiger partial charge in [-0.15, -0.1) is 11.3 Å². The number of hydrogen-bond donors (Lipinski definition) is 0. The maximum Gasteiger partial charge on any atom is 0.367 e. The van der Waals surface area contributed by atoms with Crippen molar-refractivity contribution >= 4 is 27.5 Å². The van der Waals surface area contributed by atoms with Crippen LogP contribution >= 0.6 is 11.3 Å². The number of methoxy groups -OCH3 is 1. The second kappa shape index (κ2) is 4.49. The fourth-order valence-corrected chi connectivity index (χ4v) is 2.20. The molecule has 0 atom stereocenters. The number of hydrogen-bond acceptors (Lipinski definition) is 5. The third-order valence-electron chi connectivity index (χ3n) is 2.05. The molecule has 0 aliphatic rings. The predicted octanol–water partition coefficient (Wildman–Crippen LogP) is 2.48. The van der Waals surface area contributed by atoms with Crippen LogP contribution in [0, 0.1) is 0 Å². The van der Waals surface area contributed by atoms with E-state index in [9.17, 15) is 4.79 Å². The van der Waals surface area contributed by atoms with Crippen LogP contribution in [-0.2, 0) is 4.74 Å². The third kappa shape index (κ3) is 1.99. The lowest BCUT2D eigenvalue weighted by atomic mass is 10.3. The summed E-state index contributed by atoms with van der Waals surface area (Å²) >= 11 is 1.31. The molecule has 0 bridgehead atoms. The number of thiazole rings is 1. The first-order valence-electron chi connectivity index (χ1n) is 4.86. The molecule has 2 aromatic rings. The van der Waals surface area contributed by atoms with Crippen LogP contribution in [0.15, 0.2) is 18.2 Å². The maximum absolute atomic E-state index is 11.5. The molecule has 0 saturated carbocycles. The summed E-state index contributed by atoms with van der Waals surface area (Å²) in [6, 6.07) is 5.50. The highest BCUT2D eigenvalue weighted by atomic mass is 32.1. The number of carbonyl (C=O) groups excluding carboxylic acids is 1. The second-order valence-corrected chi connectivity index (χ2v) is 4.10. The number of fused-ring (bicyclic) bond motifs is 1. The molecule has 1 aromatic carbocycles. The molecule has 16 heavy (non-hydrogen) atoms. The number of ether oxygens (including phenoxy) is 2. The smallest absolute Gasteiger partial charge is 0.367 e. The average Bonchev–Trinajstić information content (AvgIpc) is 2.71. The van der Waals surface area contributed by atoms with Gasteiger partial charge in [0.15, 0.2) is 0 Å². The minimum atomic E-state index is -0.373. The fourth-order valence-electron chi connectivity index (χ4n) is 1.31. The zero-order valence-corrected chi connectivity index (χ0v) is 9.84. The van der Waals surface area contributed by atoms with E-state index >= 15 is 0 Å². The van der Waals surface area contributed by atoms with Crippen LogP contribution in [0.4, 0.5) is 0 Å². The van der Waals surface area contributed by atoms with Crippen molar-refractivity contribution < 1.29 is 14.3 Å². The Morgan fingerprint density at radius 1 is 1.50 bits per heavy atom. The minimum Gasteiger partial charge on any atom is -0.497 e. The van der Waals surface area contributed by atoms with E-state index in [0.717, 1.165) is 16.0 Å². The molecule has 0 spiro atoms.